The quantitative estimate of drug-likeness (QED) is 0.666. The van der Waals surface area contributed by atoms with Gasteiger partial charge in [-0.15, -0.1) is 0 Å². The standard InChI is InChI=1S/C13H23N3O2/c1-3-4-8-18-9-6-14-5-7-16-13(17)10-12(2)11-15-16/h10-11,14H,3-9H2,1-2H3. The van der Waals surface area contributed by atoms with Gasteiger partial charge in [0.15, 0.2) is 0 Å². The molecule has 0 spiro atoms. The van der Waals surface area contributed by atoms with Crippen molar-refractivity contribution in [2.75, 3.05) is 26.3 Å². The maximum absolute atomic E-state index is 11.5. The number of hydrogen-bond acceptors (Lipinski definition) is 4. The van der Waals surface area contributed by atoms with Crippen LogP contribution in [0, 0.1) is 6.92 Å². The van der Waals surface area contributed by atoms with Crippen LogP contribution in [0.3, 0.4) is 0 Å². The van der Waals surface area contributed by atoms with Gasteiger partial charge in [0.2, 0.25) is 0 Å². The van der Waals surface area contributed by atoms with E-state index in [9.17, 15) is 4.79 Å². The van der Waals surface area contributed by atoms with Crippen LogP contribution in [0.5, 0.6) is 0 Å². The van der Waals surface area contributed by atoms with Crippen molar-refractivity contribution in [2.45, 2.75) is 33.2 Å². The summed E-state index contributed by atoms with van der Waals surface area (Å²) in [5.41, 5.74) is 0.851. The molecule has 0 aliphatic carbocycles. The van der Waals surface area contributed by atoms with Crippen molar-refractivity contribution in [1.82, 2.24) is 15.1 Å². The van der Waals surface area contributed by atoms with Gasteiger partial charge in [0, 0.05) is 25.8 Å². The summed E-state index contributed by atoms with van der Waals surface area (Å²) in [7, 11) is 0. The molecule has 1 N–H and O–H groups in total. The summed E-state index contributed by atoms with van der Waals surface area (Å²) in [4.78, 5) is 11.5. The second kappa shape index (κ2) is 8.83. The molecule has 0 aliphatic heterocycles. The maximum atomic E-state index is 11.5. The molecule has 0 saturated heterocycles. The molecule has 5 nitrogen and oxygen atoms in total. The summed E-state index contributed by atoms with van der Waals surface area (Å²) in [6.07, 6.45) is 3.98. The average Bonchev–Trinajstić information content (AvgIpc) is 2.35. The smallest absolute Gasteiger partial charge is 0.267 e. The molecule has 0 bridgehead atoms. The van der Waals surface area contributed by atoms with E-state index < -0.39 is 0 Å². The number of unbranched alkanes of at least 4 members (excludes halogenated alkanes) is 1. The van der Waals surface area contributed by atoms with E-state index in [0.717, 1.165) is 44.7 Å². The fourth-order valence-electron chi connectivity index (χ4n) is 1.49. The molecule has 1 aromatic rings. The van der Waals surface area contributed by atoms with Crippen LogP contribution in [0.1, 0.15) is 25.3 Å². The minimum absolute atomic E-state index is 0.0454. The second-order valence-electron chi connectivity index (χ2n) is 4.31. The van der Waals surface area contributed by atoms with Crippen LogP contribution in [-0.4, -0.2) is 36.1 Å². The van der Waals surface area contributed by atoms with Crippen molar-refractivity contribution < 1.29 is 4.74 Å². The molecule has 1 aromatic heterocycles. The molecule has 1 rings (SSSR count). The molecular weight excluding hydrogens is 230 g/mol. The Morgan fingerprint density at radius 1 is 1.39 bits per heavy atom. The monoisotopic (exact) mass is 253 g/mol. The summed E-state index contributed by atoms with van der Waals surface area (Å²) in [6.45, 7) is 7.69. The number of rotatable bonds is 9. The van der Waals surface area contributed by atoms with Crippen molar-refractivity contribution >= 4 is 0 Å². The van der Waals surface area contributed by atoms with Crippen molar-refractivity contribution in [3.05, 3.63) is 28.2 Å². The van der Waals surface area contributed by atoms with Crippen molar-refractivity contribution in [1.29, 1.82) is 0 Å². The van der Waals surface area contributed by atoms with Crippen LogP contribution < -0.4 is 10.9 Å². The van der Waals surface area contributed by atoms with Gasteiger partial charge in [-0.05, 0) is 18.9 Å². The Kier molecular flexibility index (Phi) is 7.29. The molecule has 5 heteroatoms. The zero-order valence-corrected chi connectivity index (χ0v) is 11.3. The normalized spacial score (nSPS) is 10.8. The molecule has 18 heavy (non-hydrogen) atoms. The number of ether oxygens (including phenoxy) is 1. The molecule has 0 aliphatic rings. The van der Waals surface area contributed by atoms with E-state index in [-0.39, 0.29) is 5.56 Å². The van der Waals surface area contributed by atoms with E-state index in [2.05, 4.69) is 17.3 Å². The van der Waals surface area contributed by atoms with Crippen molar-refractivity contribution in [3.63, 3.8) is 0 Å². The molecular formula is C13H23N3O2. The van der Waals surface area contributed by atoms with Gasteiger partial charge in [-0.2, -0.15) is 5.10 Å². The highest BCUT2D eigenvalue weighted by Crippen LogP contribution is 1.87. The van der Waals surface area contributed by atoms with Gasteiger partial charge in [0.1, 0.15) is 0 Å². The lowest BCUT2D eigenvalue weighted by atomic mass is 10.3. The SMILES string of the molecule is CCCCOCCNCCn1ncc(C)cc1=O. The van der Waals surface area contributed by atoms with Gasteiger partial charge < -0.3 is 10.1 Å². The predicted molar refractivity (Wildman–Crippen MR) is 71.8 cm³/mol. The second-order valence-corrected chi connectivity index (χ2v) is 4.31. The Hall–Kier alpha value is -1.20. The van der Waals surface area contributed by atoms with Crippen LogP contribution in [0.15, 0.2) is 17.1 Å². The predicted octanol–water partition coefficient (Wildman–Crippen LogP) is 0.958. The van der Waals surface area contributed by atoms with Crippen molar-refractivity contribution in [3.8, 4) is 0 Å². The van der Waals surface area contributed by atoms with Crippen LogP contribution in [0.4, 0.5) is 0 Å². The molecule has 102 valence electrons. The number of nitrogens with one attached hydrogen (secondary N) is 1. The number of nitrogens with zero attached hydrogens (tertiary/aromatic N) is 2. The van der Waals surface area contributed by atoms with Crippen LogP contribution in [-0.2, 0) is 11.3 Å². The minimum atomic E-state index is -0.0454. The van der Waals surface area contributed by atoms with Crippen LogP contribution in [0.2, 0.25) is 0 Å². The lowest BCUT2D eigenvalue weighted by Crippen LogP contribution is -2.30. The zero-order chi connectivity index (χ0) is 13.2. The van der Waals surface area contributed by atoms with E-state index >= 15 is 0 Å². The fraction of sp³-hybridized carbons (Fsp3) is 0.692. The van der Waals surface area contributed by atoms with E-state index in [0.29, 0.717) is 6.54 Å². The van der Waals surface area contributed by atoms with E-state index in [1.807, 2.05) is 6.92 Å². The first-order chi connectivity index (χ1) is 8.74. The fourth-order valence-corrected chi connectivity index (χ4v) is 1.49. The molecule has 0 amide bonds. The first-order valence-electron chi connectivity index (χ1n) is 6.56. The first kappa shape index (κ1) is 14.9. The molecule has 0 fully saturated rings. The molecule has 0 unspecified atom stereocenters. The Morgan fingerprint density at radius 3 is 2.94 bits per heavy atom. The topological polar surface area (TPSA) is 56.1 Å². The van der Waals surface area contributed by atoms with E-state index in [4.69, 9.17) is 4.74 Å². The van der Waals surface area contributed by atoms with Gasteiger partial charge in [-0.3, -0.25) is 4.79 Å². The van der Waals surface area contributed by atoms with Gasteiger partial charge in [0.25, 0.3) is 5.56 Å². The van der Waals surface area contributed by atoms with Crippen molar-refractivity contribution in [2.24, 2.45) is 0 Å². The maximum Gasteiger partial charge on any atom is 0.267 e. The molecule has 0 aromatic carbocycles. The highest BCUT2D eigenvalue weighted by molar-refractivity contribution is 5.02. The van der Waals surface area contributed by atoms with Crippen LogP contribution in [0.25, 0.3) is 0 Å². The molecule has 1 heterocycles. The van der Waals surface area contributed by atoms with E-state index in [1.165, 1.54) is 4.68 Å². The summed E-state index contributed by atoms with van der Waals surface area (Å²) in [6, 6.07) is 1.60. The molecule has 0 saturated carbocycles. The Labute approximate surface area is 108 Å². The third-order valence-corrected chi connectivity index (χ3v) is 2.57. The van der Waals surface area contributed by atoms with Crippen LogP contribution >= 0.6 is 0 Å². The summed E-state index contributed by atoms with van der Waals surface area (Å²) >= 11 is 0. The lowest BCUT2D eigenvalue weighted by Gasteiger charge is -2.07. The third kappa shape index (κ3) is 5.93. The van der Waals surface area contributed by atoms with E-state index in [1.54, 1.807) is 12.3 Å². The molecule has 0 radical (unpaired) electrons. The third-order valence-electron chi connectivity index (χ3n) is 2.57. The minimum Gasteiger partial charge on any atom is -0.380 e. The average molecular weight is 253 g/mol. The highest BCUT2D eigenvalue weighted by atomic mass is 16.5. The summed E-state index contributed by atoms with van der Waals surface area (Å²) in [5, 5.41) is 7.30. The summed E-state index contributed by atoms with van der Waals surface area (Å²) < 4.78 is 6.89. The number of aromatic nitrogens is 2. The first-order valence-corrected chi connectivity index (χ1v) is 6.56. The Balaban J connectivity index is 2.09. The van der Waals surface area contributed by atoms with Gasteiger partial charge in [-0.25, -0.2) is 4.68 Å². The van der Waals surface area contributed by atoms with Gasteiger partial charge in [-0.1, -0.05) is 13.3 Å². The number of aryl methyl sites for hydroxylation is 1. The molecule has 0 atom stereocenters. The largest absolute Gasteiger partial charge is 0.380 e. The Morgan fingerprint density at radius 2 is 2.22 bits per heavy atom. The highest BCUT2D eigenvalue weighted by Gasteiger charge is 1.96. The zero-order valence-electron chi connectivity index (χ0n) is 11.3. The lowest BCUT2D eigenvalue weighted by molar-refractivity contribution is 0.133. The van der Waals surface area contributed by atoms with Gasteiger partial charge in [0.05, 0.1) is 19.3 Å². The Bertz CT molecular complexity index is 390. The van der Waals surface area contributed by atoms with Gasteiger partial charge >= 0.3 is 0 Å². The summed E-state index contributed by atoms with van der Waals surface area (Å²) in [5.74, 6) is 0. The number of hydrogen-bond donors (Lipinski definition) is 1.